The number of nitrogens with one attached hydrogen (secondary N) is 2. The van der Waals surface area contributed by atoms with E-state index in [1.54, 1.807) is 30.3 Å². The van der Waals surface area contributed by atoms with Crippen LogP contribution in [-0.2, 0) is 16.4 Å². The summed E-state index contributed by atoms with van der Waals surface area (Å²) >= 11 is 0. The number of anilines is 1. The molecule has 36 heavy (non-hydrogen) atoms. The first-order valence-electron chi connectivity index (χ1n) is 11.8. The van der Waals surface area contributed by atoms with Crippen molar-refractivity contribution in [3.05, 3.63) is 83.4 Å². The first kappa shape index (κ1) is 27.2. The number of ether oxygens (including phenoxy) is 1. The molecular weight excluding hydrogens is 478 g/mol. The van der Waals surface area contributed by atoms with E-state index in [-0.39, 0.29) is 5.56 Å². The highest BCUT2D eigenvalue weighted by Gasteiger charge is 2.17. The third-order valence-corrected chi connectivity index (χ3v) is 6.06. The number of carbonyl (C=O) groups is 1. The molecule has 0 unspecified atom stereocenters. The number of rotatable bonds is 12. The summed E-state index contributed by atoms with van der Waals surface area (Å²) in [6.07, 6.45) is 1.88. The smallest absolute Gasteiger partial charge is 0.268 e. The van der Waals surface area contributed by atoms with Crippen molar-refractivity contribution in [2.24, 2.45) is 0 Å². The van der Waals surface area contributed by atoms with Gasteiger partial charge in [0.2, 0.25) is 10.0 Å². The zero-order chi connectivity index (χ0) is 26.1. The Bertz CT molecular complexity index is 1260. The van der Waals surface area contributed by atoms with Gasteiger partial charge in [-0.25, -0.2) is 13.1 Å². The molecule has 0 aromatic heterocycles. The van der Waals surface area contributed by atoms with Gasteiger partial charge in [0.25, 0.3) is 5.91 Å². The van der Waals surface area contributed by atoms with Crippen LogP contribution in [0.15, 0.2) is 66.7 Å². The van der Waals surface area contributed by atoms with E-state index in [0.29, 0.717) is 31.1 Å². The number of benzene rings is 3. The Balaban J connectivity index is 1.61. The average molecular weight is 512 g/mol. The molecule has 5 N–H and O–H groups in total. The summed E-state index contributed by atoms with van der Waals surface area (Å²) in [5.74, 6) is -0.386. The molecular formula is C27H33N3O5S. The summed E-state index contributed by atoms with van der Waals surface area (Å²) in [5.41, 5.74) is 10.3. The fraction of sp³-hybridized carbons (Fsp3) is 0.296. The van der Waals surface area contributed by atoms with E-state index in [4.69, 9.17) is 10.5 Å². The lowest BCUT2D eigenvalue weighted by Crippen LogP contribution is -2.29. The predicted octanol–water partition coefficient (Wildman–Crippen LogP) is 3.28. The normalized spacial score (nSPS) is 12.2. The lowest BCUT2D eigenvalue weighted by atomic mass is 10.0. The molecule has 3 aromatic carbocycles. The minimum atomic E-state index is -3.68. The number of hydrogen-bond acceptors (Lipinski definition) is 7. The van der Waals surface area contributed by atoms with Gasteiger partial charge < -0.3 is 20.9 Å². The van der Waals surface area contributed by atoms with Crippen molar-refractivity contribution in [3.8, 4) is 16.9 Å². The maximum atomic E-state index is 12.4. The highest BCUT2D eigenvalue weighted by atomic mass is 32.2. The summed E-state index contributed by atoms with van der Waals surface area (Å²) in [5, 5.41) is 13.6. The van der Waals surface area contributed by atoms with E-state index >= 15 is 0 Å². The quantitative estimate of drug-likeness (QED) is 0.217. The summed E-state index contributed by atoms with van der Waals surface area (Å²) in [6.45, 7) is 3.51. The number of nitrogen functional groups attached to an aromatic ring is 1. The molecule has 0 fully saturated rings. The van der Waals surface area contributed by atoms with Gasteiger partial charge in [0.05, 0.1) is 24.5 Å². The molecule has 3 aromatic rings. The Morgan fingerprint density at radius 2 is 1.69 bits per heavy atom. The third-order valence-electron chi connectivity index (χ3n) is 5.50. The van der Waals surface area contributed by atoms with Crippen molar-refractivity contribution in [3.63, 3.8) is 0 Å². The topological polar surface area (TPSA) is 131 Å². The number of aliphatic hydroxyl groups excluding tert-OH is 1. The van der Waals surface area contributed by atoms with Gasteiger partial charge in [0.1, 0.15) is 5.75 Å². The van der Waals surface area contributed by atoms with Crippen LogP contribution in [0.3, 0.4) is 0 Å². The van der Waals surface area contributed by atoms with Gasteiger partial charge in [-0.05, 0) is 65.9 Å². The fourth-order valence-corrected chi connectivity index (χ4v) is 4.06. The molecule has 8 nitrogen and oxygen atoms in total. The van der Waals surface area contributed by atoms with E-state index in [2.05, 4.69) is 5.32 Å². The van der Waals surface area contributed by atoms with Gasteiger partial charge in [0, 0.05) is 12.2 Å². The Kier molecular flexibility index (Phi) is 9.46. The number of hydrogen-bond donors (Lipinski definition) is 4. The highest BCUT2D eigenvalue weighted by molar-refractivity contribution is 7.89. The van der Waals surface area contributed by atoms with Crippen LogP contribution in [0.1, 0.15) is 40.9 Å². The van der Waals surface area contributed by atoms with Crippen molar-refractivity contribution in [1.82, 2.24) is 10.0 Å². The summed E-state index contributed by atoms with van der Waals surface area (Å²) < 4.78 is 30.7. The van der Waals surface area contributed by atoms with Crippen molar-refractivity contribution in [2.75, 3.05) is 31.7 Å². The molecule has 0 saturated carbocycles. The SMILES string of the molecule is CCCOc1cc(-c2ccc(CCNC[C@H](O)c3ccc(N)cc3)cc2)ccc1C(=O)NS(C)(=O)=O. The Labute approximate surface area is 212 Å². The molecule has 0 saturated heterocycles. The molecule has 9 heteroatoms. The van der Waals surface area contributed by atoms with Crippen molar-refractivity contribution in [1.29, 1.82) is 0 Å². The minimum absolute atomic E-state index is 0.168. The second kappa shape index (κ2) is 12.5. The predicted molar refractivity (Wildman–Crippen MR) is 142 cm³/mol. The second-order valence-electron chi connectivity index (χ2n) is 8.60. The Morgan fingerprint density at radius 1 is 1.03 bits per heavy atom. The molecule has 3 rings (SSSR count). The lowest BCUT2D eigenvalue weighted by molar-refractivity contribution is 0.0977. The van der Waals surface area contributed by atoms with E-state index in [0.717, 1.165) is 41.4 Å². The van der Waals surface area contributed by atoms with Crippen LogP contribution in [0.2, 0.25) is 0 Å². The monoisotopic (exact) mass is 511 g/mol. The van der Waals surface area contributed by atoms with Crippen LogP contribution in [0.25, 0.3) is 11.1 Å². The van der Waals surface area contributed by atoms with E-state index < -0.39 is 22.0 Å². The van der Waals surface area contributed by atoms with E-state index in [1.807, 2.05) is 48.0 Å². The molecule has 1 amide bonds. The van der Waals surface area contributed by atoms with Gasteiger partial charge in [-0.3, -0.25) is 4.79 Å². The van der Waals surface area contributed by atoms with Crippen LogP contribution in [0.5, 0.6) is 5.75 Å². The van der Waals surface area contributed by atoms with Gasteiger partial charge >= 0.3 is 0 Å². The van der Waals surface area contributed by atoms with Gasteiger partial charge in [-0.1, -0.05) is 49.4 Å². The van der Waals surface area contributed by atoms with Crippen LogP contribution >= 0.6 is 0 Å². The average Bonchev–Trinajstić information content (AvgIpc) is 2.85. The first-order valence-corrected chi connectivity index (χ1v) is 13.7. The molecule has 0 aliphatic carbocycles. The molecule has 192 valence electrons. The Morgan fingerprint density at radius 3 is 2.33 bits per heavy atom. The van der Waals surface area contributed by atoms with Gasteiger partial charge in [-0.2, -0.15) is 0 Å². The molecule has 0 spiro atoms. The van der Waals surface area contributed by atoms with Crippen molar-refractivity contribution in [2.45, 2.75) is 25.9 Å². The molecule has 0 bridgehead atoms. The van der Waals surface area contributed by atoms with Gasteiger partial charge in [0.15, 0.2) is 0 Å². The lowest BCUT2D eigenvalue weighted by Gasteiger charge is -2.14. The number of amides is 1. The van der Waals surface area contributed by atoms with Crippen LogP contribution in [0, 0.1) is 0 Å². The fourth-order valence-electron chi connectivity index (χ4n) is 3.62. The van der Waals surface area contributed by atoms with Crippen LogP contribution in [-0.4, -0.2) is 45.4 Å². The van der Waals surface area contributed by atoms with Crippen LogP contribution < -0.4 is 20.5 Å². The van der Waals surface area contributed by atoms with Gasteiger partial charge in [-0.15, -0.1) is 0 Å². The number of sulfonamides is 1. The zero-order valence-electron chi connectivity index (χ0n) is 20.5. The largest absolute Gasteiger partial charge is 0.493 e. The zero-order valence-corrected chi connectivity index (χ0v) is 21.3. The molecule has 0 radical (unpaired) electrons. The van der Waals surface area contributed by atoms with E-state index in [1.165, 1.54) is 0 Å². The third kappa shape index (κ3) is 8.08. The molecule has 0 heterocycles. The standard InChI is InChI=1S/C27H33N3O5S/c1-3-16-35-26-17-22(10-13-24(26)27(32)30-36(2,33)34)20-6-4-19(5-7-20)14-15-29-18-25(31)21-8-11-23(28)12-9-21/h4-13,17,25,29,31H,3,14-16,18,28H2,1-2H3,(H,30,32)/t25-/m0/s1. The summed E-state index contributed by atoms with van der Waals surface area (Å²) in [7, 11) is -3.68. The molecule has 0 aliphatic heterocycles. The Hall–Kier alpha value is -3.40. The maximum absolute atomic E-state index is 12.4. The summed E-state index contributed by atoms with van der Waals surface area (Å²) in [6, 6.07) is 20.3. The minimum Gasteiger partial charge on any atom is -0.493 e. The number of aliphatic hydroxyl groups is 1. The first-order chi connectivity index (χ1) is 17.2. The highest BCUT2D eigenvalue weighted by Crippen LogP contribution is 2.28. The van der Waals surface area contributed by atoms with Crippen LogP contribution in [0.4, 0.5) is 5.69 Å². The van der Waals surface area contributed by atoms with Crippen molar-refractivity contribution < 1.29 is 23.1 Å². The summed E-state index contributed by atoms with van der Waals surface area (Å²) in [4.78, 5) is 12.4. The maximum Gasteiger partial charge on any atom is 0.268 e. The number of carbonyl (C=O) groups excluding carboxylic acids is 1. The molecule has 1 atom stereocenters. The van der Waals surface area contributed by atoms with E-state index in [9.17, 15) is 18.3 Å². The second-order valence-corrected chi connectivity index (χ2v) is 10.3. The van der Waals surface area contributed by atoms with Crippen molar-refractivity contribution >= 4 is 21.6 Å². The number of nitrogens with two attached hydrogens (primary N) is 1. The molecule has 0 aliphatic rings.